The minimum atomic E-state index is -0.841. The summed E-state index contributed by atoms with van der Waals surface area (Å²) in [6.45, 7) is 12.1. The van der Waals surface area contributed by atoms with E-state index in [0.717, 1.165) is 0 Å². The van der Waals surface area contributed by atoms with Gasteiger partial charge in [-0.15, -0.1) is 0 Å². The molecule has 0 saturated heterocycles. The summed E-state index contributed by atoms with van der Waals surface area (Å²) in [4.78, 5) is 0. The molecule has 0 aromatic carbocycles. The van der Waals surface area contributed by atoms with Crippen molar-refractivity contribution in [1.29, 1.82) is 0 Å². The highest BCUT2D eigenvalue weighted by atomic mass is 28.3. The summed E-state index contributed by atoms with van der Waals surface area (Å²) in [5, 5.41) is 0. The van der Waals surface area contributed by atoms with Gasteiger partial charge in [0.25, 0.3) is 0 Å². The van der Waals surface area contributed by atoms with Crippen molar-refractivity contribution in [3.05, 3.63) is 0 Å². The third-order valence-electron chi connectivity index (χ3n) is 4.76. The van der Waals surface area contributed by atoms with Gasteiger partial charge in [0.1, 0.15) is 0 Å². The summed E-state index contributed by atoms with van der Waals surface area (Å²) in [5.41, 5.74) is 5.08. The van der Waals surface area contributed by atoms with Crippen LogP contribution in [0.4, 0.5) is 0 Å². The van der Waals surface area contributed by atoms with Gasteiger partial charge in [-0.1, -0.05) is 78.1 Å². The number of rotatable bonds is 14. The minimum absolute atomic E-state index is 0.391. The standard InChI is InChI=1S/C19H43NSi/c1-6-8-10-12-16-19(20,15-11-9-7-2)17-13-14-18-21(3,4)5/h6-18,20H2,1-5H3/p+1. The van der Waals surface area contributed by atoms with Crippen LogP contribution in [0.1, 0.15) is 90.9 Å². The Morgan fingerprint density at radius 2 is 1.10 bits per heavy atom. The molecule has 0 rings (SSSR count). The lowest BCUT2D eigenvalue weighted by Gasteiger charge is -2.27. The van der Waals surface area contributed by atoms with Crippen molar-refractivity contribution >= 4 is 8.07 Å². The first-order chi connectivity index (χ1) is 9.83. The van der Waals surface area contributed by atoms with Crippen LogP contribution in [0, 0.1) is 0 Å². The molecule has 0 bridgehead atoms. The molecule has 1 nitrogen and oxygen atoms in total. The quantitative estimate of drug-likeness (QED) is 0.299. The molecule has 0 aliphatic heterocycles. The normalized spacial score (nSPS) is 15.1. The van der Waals surface area contributed by atoms with E-state index in [-0.39, 0.29) is 0 Å². The molecule has 0 saturated carbocycles. The van der Waals surface area contributed by atoms with Crippen molar-refractivity contribution < 1.29 is 5.73 Å². The summed E-state index contributed by atoms with van der Waals surface area (Å²) in [6.07, 6.45) is 16.6. The van der Waals surface area contributed by atoms with Crippen LogP contribution in [0.5, 0.6) is 0 Å². The third kappa shape index (κ3) is 13.6. The van der Waals surface area contributed by atoms with Gasteiger partial charge in [-0.05, 0) is 19.3 Å². The van der Waals surface area contributed by atoms with Crippen LogP contribution in [0.2, 0.25) is 25.7 Å². The van der Waals surface area contributed by atoms with Crippen LogP contribution in [-0.2, 0) is 0 Å². The molecule has 0 aromatic heterocycles. The van der Waals surface area contributed by atoms with Crippen LogP contribution >= 0.6 is 0 Å². The molecule has 21 heavy (non-hydrogen) atoms. The predicted octanol–water partition coefficient (Wildman–Crippen LogP) is 6.03. The first kappa shape index (κ1) is 21.2. The molecule has 0 amide bonds. The Morgan fingerprint density at radius 3 is 1.57 bits per heavy atom. The second kappa shape index (κ2) is 11.7. The first-order valence-corrected chi connectivity index (χ1v) is 13.4. The van der Waals surface area contributed by atoms with Gasteiger partial charge in [-0.2, -0.15) is 0 Å². The molecule has 1 unspecified atom stereocenters. The fourth-order valence-electron chi connectivity index (χ4n) is 3.21. The van der Waals surface area contributed by atoms with Gasteiger partial charge >= 0.3 is 0 Å². The maximum atomic E-state index is 4.68. The summed E-state index contributed by atoms with van der Waals surface area (Å²) in [5.74, 6) is 0. The smallest absolute Gasteiger partial charge is 0.0945 e. The minimum Gasteiger partial charge on any atom is -0.353 e. The van der Waals surface area contributed by atoms with Crippen molar-refractivity contribution in [1.82, 2.24) is 0 Å². The molecule has 3 N–H and O–H groups in total. The van der Waals surface area contributed by atoms with E-state index < -0.39 is 8.07 Å². The molecule has 0 aliphatic carbocycles. The summed E-state index contributed by atoms with van der Waals surface area (Å²) >= 11 is 0. The average molecular weight is 315 g/mol. The van der Waals surface area contributed by atoms with Crippen molar-refractivity contribution in [2.45, 2.75) is 122 Å². The second-order valence-electron chi connectivity index (χ2n) is 8.54. The fraction of sp³-hybridized carbons (Fsp3) is 1.00. The van der Waals surface area contributed by atoms with Crippen LogP contribution in [0.25, 0.3) is 0 Å². The number of hydrogen-bond acceptors (Lipinski definition) is 0. The van der Waals surface area contributed by atoms with Crippen molar-refractivity contribution in [2.75, 3.05) is 0 Å². The zero-order chi connectivity index (χ0) is 16.2. The van der Waals surface area contributed by atoms with Crippen LogP contribution in [0.3, 0.4) is 0 Å². The molecule has 0 heterocycles. The molecule has 0 radical (unpaired) electrons. The van der Waals surface area contributed by atoms with Gasteiger partial charge in [0.05, 0.1) is 5.54 Å². The third-order valence-corrected chi connectivity index (χ3v) is 6.61. The Balaban J connectivity index is 4.10. The lowest BCUT2D eigenvalue weighted by Crippen LogP contribution is -2.72. The molecule has 1 atom stereocenters. The highest BCUT2D eigenvalue weighted by molar-refractivity contribution is 6.76. The molecule has 0 fully saturated rings. The molecule has 2 heteroatoms. The molecular formula is C19H44NSi+. The molecule has 0 spiro atoms. The highest BCUT2D eigenvalue weighted by Gasteiger charge is 2.27. The Morgan fingerprint density at radius 1 is 0.667 bits per heavy atom. The number of quaternary nitrogens is 1. The van der Waals surface area contributed by atoms with E-state index in [1.807, 2.05) is 0 Å². The maximum absolute atomic E-state index is 4.68. The van der Waals surface area contributed by atoms with Gasteiger partial charge in [0.15, 0.2) is 0 Å². The van der Waals surface area contributed by atoms with Gasteiger partial charge in [0.2, 0.25) is 0 Å². The molecular weight excluding hydrogens is 270 g/mol. The summed E-state index contributed by atoms with van der Waals surface area (Å²) in [6, 6.07) is 1.49. The second-order valence-corrected chi connectivity index (χ2v) is 14.2. The maximum Gasteiger partial charge on any atom is 0.0945 e. The Kier molecular flexibility index (Phi) is 11.8. The van der Waals surface area contributed by atoms with Gasteiger partial charge < -0.3 is 5.73 Å². The number of hydrogen-bond donors (Lipinski definition) is 1. The highest BCUT2D eigenvalue weighted by Crippen LogP contribution is 2.25. The van der Waals surface area contributed by atoms with Crippen LogP contribution < -0.4 is 5.73 Å². The largest absolute Gasteiger partial charge is 0.353 e. The Hall–Kier alpha value is 0.177. The lowest BCUT2D eigenvalue weighted by molar-refractivity contribution is -0.484. The van der Waals surface area contributed by atoms with Crippen molar-refractivity contribution in [2.24, 2.45) is 0 Å². The molecule has 0 aliphatic rings. The Labute approximate surface area is 136 Å². The van der Waals surface area contributed by atoms with E-state index in [4.69, 9.17) is 0 Å². The van der Waals surface area contributed by atoms with Crippen molar-refractivity contribution in [3.63, 3.8) is 0 Å². The van der Waals surface area contributed by atoms with E-state index in [0.29, 0.717) is 5.54 Å². The van der Waals surface area contributed by atoms with E-state index in [1.54, 1.807) is 0 Å². The van der Waals surface area contributed by atoms with Crippen molar-refractivity contribution in [3.8, 4) is 0 Å². The lowest BCUT2D eigenvalue weighted by atomic mass is 9.83. The zero-order valence-electron chi connectivity index (χ0n) is 15.9. The van der Waals surface area contributed by atoms with Crippen LogP contribution in [-0.4, -0.2) is 13.6 Å². The predicted molar refractivity (Wildman–Crippen MR) is 101 cm³/mol. The van der Waals surface area contributed by atoms with Gasteiger partial charge in [0, 0.05) is 27.3 Å². The average Bonchev–Trinajstić information content (AvgIpc) is 2.40. The topological polar surface area (TPSA) is 27.6 Å². The summed E-state index contributed by atoms with van der Waals surface area (Å²) in [7, 11) is -0.841. The number of unbranched alkanes of at least 4 members (excludes halogenated alkanes) is 6. The van der Waals surface area contributed by atoms with E-state index in [1.165, 1.54) is 83.1 Å². The van der Waals surface area contributed by atoms with Gasteiger partial charge in [-0.25, -0.2) is 0 Å². The Bertz CT molecular complexity index is 234. The van der Waals surface area contributed by atoms with Gasteiger partial charge in [-0.3, -0.25) is 0 Å². The molecule has 0 aromatic rings. The fourth-order valence-corrected chi connectivity index (χ4v) is 4.52. The SMILES string of the molecule is CCCCCCC([NH3+])(CCCCC)CCCC[Si](C)(C)C. The molecule has 128 valence electrons. The first-order valence-electron chi connectivity index (χ1n) is 9.68. The zero-order valence-corrected chi connectivity index (χ0v) is 16.9. The van der Waals surface area contributed by atoms with E-state index in [9.17, 15) is 0 Å². The van der Waals surface area contributed by atoms with E-state index in [2.05, 4.69) is 39.2 Å². The van der Waals surface area contributed by atoms with E-state index >= 15 is 0 Å². The summed E-state index contributed by atoms with van der Waals surface area (Å²) < 4.78 is 0. The monoisotopic (exact) mass is 314 g/mol. The van der Waals surface area contributed by atoms with Crippen LogP contribution in [0.15, 0.2) is 0 Å².